The van der Waals surface area contributed by atoms with Gasteiger partial charge >= 0.3 is 5.97 Å². The molecule has 0 atom stereocenters. The number of carbonyl (C=O) groups is 1. The Morgan fingerprint density at radius 3 is 2.08 bits per heavy atom. The molecule has 0 saturated carbocycles. The second-order valence-corrected chi connectivity index (χ2v) is 7.25. The fourth-order valence-corrected chi connectivity index (χ4v) is 3.44. The summed E-state index contributed by atoms with van der Waals surface area (Å²) < 4.78 is 6.28. The molecule has 0 spiro atoms. The molecule has 120 valence electrons. The SMILES string of the molecule is O=C(Oc1ccc(Sc2ccc(O)cc2)cc1)c1ccccc1I. The van der Waals surface area contributed by atoms with Crippen LogP contribution < -0.4 is 4.74 Å². The van der Waals surface area contributed by atoms with E-state index in [9.17, 15) is 9.90 Å². The summed E-state index contributed by atoms with van der Waals surface area (Å²) in [6, 6.07) is 21.7. The standard InChI is InChI=1S/C19H13IO3S/c20-18-4-2-1-3-17(18)19(22)23-14-7-11-16(12-8-14)24-15-9-5-13(21)6-10-15/h1-12,21H. The van der Waals surface area contributed by atoms with Crippen molar-refractivity contribution >= 4 is 40.3 Å². The van der Waals surface area contributed by atoms with Crippen LogP contribution in [0.25, 0.3) is 0 Å². The van der Waals surface area contributed by atoms with E-state index >= 15 is 0 Å². The maximum Gasteiger partial charge on any atom is 0.344 e. The van der Waals surface area contributed by atoms with Gasteiger partial charge in [0.15, 0.2) is 0 Å². The van der Waals surface area contributed by atoms with Crippen molar-refractivity contribution in [1.82, 2.24) is 0 Å². The molecule has 0 aliphatic heterocycles. The van der Waals surface area contributed by atoms with E-state index in [0.29, 0.717) is 11.3 Å². The predicted octanol–water partition coefficient (Wildman–Crippen LogP) is 5.37. The van der Waals surface area contributed by atoms with Crippen LogP contribution in [0.4, 0.5) is 0 Å². The lowest BCUT2D eigenvalue weighted by atomic mass is 10.2. The molecule has 3 aromatic rings. The molecule has 0 bridgehead atoms. The summed E-state index contributed by atoms with van der Waals surface area (Å²) >= 11 is 3.69. The fourth-order valence-electron chi connectivity index (χ4n) is 2.01. The van der Waals surface area contributed by atoms with Crippen LogP contribution in [0.3, 0.4) is 0 Å². The first-order valence-corrected chi connectivity index (χ1v) is 9.05. The first kappa shape index (κ1) is 16.9. The fraction of sp³-hybridized carbons (Fsp3) is 0. The summed E-state index contributed by atoms with van der Waals surface area (Å²) in [5, 5.41) is 9.30. The number of hydrogen-bond donors (Lipinski definition) is 1. The maximum atomic E-state index is 12.2. The van der Waals surface area contributed by atoms with Crippen LogP contribution in [0.2, 0.25) is 0 Å². The normalized spacial score (nSPS) is 10.4. The number of phenolic OH excluding ortho intramolecular Hbond substituents is 1. The van der Waals surface area contributed by atoms with Gasteiger partial charge in [-0.05, 0) is 83.3 Å². The van der Waals surface area contributed by atoms with Gasteiger partial charge in [-0.2, -0.15) is 0 Å². The zero-order valence-corrected chi connectivity index (χ0v) is 15.5. The molecule has 0 aliphatic carbocycles. The number of carbonyl (C=O) groups excluding carboxylic acids is 1. The number of esters is 1. The molecule has 0 heterocycles. The number of benzene rings is 3. The van der Waals surface area contributed by atoms with Gasteiger partial charge in [-0.25, -0.2) is 4.79 Å². The summed E-state index contributed by atoms with van der Waals surface area (Å²) in [7, 11) is 0. The Bertz CT molecular complexity index is 845. The highest BCUT2D eigenvalue weighted by Gasteiger charge is 2.11. The topological polar surface area (TPSA) is 46.5 Å². The highest BCUT2D eigenvalue weighted by atomic mass is 127. The summed E-state index contributed by atoms with van der Waals surface area (Å²) in [6.45, 7) is 0. The summed E-state index contributed by atoms with van der Waals surface area (Å²) in [6.07, 6.45) is 0. The van der Waals surface area contributed by atoms with Crippen LogP contribution in [0.5, 0.6) is 11.5 Å². The van der Waals surface area contributed by atoms with Crippen molar-refractivity contribution < 1.29 is 14.6 Å². The number of hydrogen-bond acceptors (Lipinski definition) is 4. The molecule has 1 N–H and O–H groups in total. The number of ether oxygens (including phenoxy) is 1. The number of phenols is 1. The van der Waals surface area contributed by atoms with Crippen LogP contribution in [-0.2, 0) is 0 Å². The lowest BCUT2D eigenvalue weighted by Gasteiger charge is -2.07. The monoisotopic (exact) mass is 448 g/mol. The van der Waals surface area contributed by atoms with Gasteiger partial charge in [0.05, 0.1) is 5.56 Å². The second-order valence-electron chi connectivity index (χ2n) is 4.94. The zero-order valence-electron chi connectivity index (χ0n) is 12.5. The Morgan fingerprint density at radius 2 is 1.46 bits per heavy atom. The van der Waals surface area contributed by atoms with Crippen molar-refractivity contribution in [2.24, 2.45) is 0 Å². The van der Waals surface area contributed by atoms with Gasteiger partial charge in [0.25, 0.3) is 0 Å². The van der Waals surface area contributed by atoms with Crippen LogP contribution in [0, 0.1) is 3.57 Å². The molecule has 0 unspecified atom stereocenters. The van der Waals surface area contributed by atoms with Crippen molar-refractivity contribution in [1.29, 1.82) is 0 Å². The minimum Gasteiger partial charge on any atom is -0.508 e. The Balaban J connectivity index is 1.67. The third kappa shape index (κ3) is 4.30. The molecular formula is C19H13IO3S. The van der Waals surface area contributed by atoms with Gasteiger partial charge in [-0.15, -0.1) is 0 Å². The van der Waals surface area contributed by atoms with E-state index in [4.69, 9.17) is 4.74 Å². The van der Waals surface area contributed by atoms with Crippen molar-refractivity contribution in [3.8, 4) is 11.5 Å². The van der Waals surface area contributed by atoms with Gasteiger partial charge in [-0.3, -0.25) is 0 Å². The van der Waals surface area contributed by atoms with Crippen LogP contribution in [0.15, 0.2) is 82.6 Å². The van der Waals surface area contributed by atoms with E-state index in [-0.39, 0.29) is 11.7 Å². The predicted molar refractivity (Wildman–Crippen MR) is 103 cm³/mol. The molecule has 0 aromatic heterocycles. The molecule has 0 saturated heterocycles. The Hall–Kier alpha value is -1.99. The largest absolute Gasteiger partial charge is 0.508 e. The minimum atomic E-state index is -0.362. The van der Waals surface area contributed by atoms with Crippen molar-refractivity contribution in [3.05, 3.63) is 81.9 Å². The third-order valence-electron chi connectivity index (χ3n) is 3.20. The molecule has 0 amide bonds. The maximum absolute atomic E-state index is 12.2. The molecule has 3 rings (SSSR count). The Labute approximate surface area is 157 Å². The molecule has 24 heavy (non-hydrogen) atoms. The first-order chi connectivity index (χ1) is 11.6. The van der Waals surface area contributed by atoms with E-state index in [1.165, 1.54) is 0 Å². The highest BCUT2D eigenvalue weighted by molar-refractivity contribution is 14.1. The van der Waals surface area contributed by atoms with Gasteiger partial charge in [0, 0.05) is 13.4 Å². The van der Waals surface area contributed by atoms with E-state index < -0.39 is 0 Å². The Kier molecular flexibility index (Phi) is 5.42. The van der Waals surface area contributed by atoms with E-state index in [2.05, 4.69) is 22.6 Å². The zero-order chi connectivity index (χ0) is 16.9. The lowest BCUT2D eigenvalue weighted by Crippen LogP contribution is -2.09. The first-order valence-electron chi connectivity index (χ1n) is 7.15. The van der Waals surface area contributed by atoms with E-state index in [0.717, 1.165) is 13.4 Å². The molecule has 0 aliphatic rings. The van der Waals surface area contributed by atoms with Gasteiger partial charge < -0.3 is 9.84 Å². The molecule has 0 fully saturated rings. The highest BCUT2D eigenvalue weighted by Crippen LogP contribution is 2.30. The van der Waals surface area contributed by atoms with Gasteiger partial charge in [0.1, 0.15) is 11.5 Å². The smallest absolute Gasteiger partial charge is 0.344 e. The average Bonchev–Trinajstić information content (AvgIpc) is 2.59. The lowest BCUT2D eigenvalue weighted by molar-refractivity contribution is 0.0733. The van der Waals surface area contributed by atoms with Crippen molar-refractivity contribution in [2.45, 2.75) is 9.79 Å². The van der Waals surface area contributed by atoms with E-state index in [1.807, 2.05) is 42.5 Å². The Morgan fingerprint density at radius 1 is 0.875 bits per heavy atom. The average molecular weight is 448 g/mol. The molecule has 5 heteroatoms. The molecular weight excluding hydrogens is 435 g/mol. The number of rotatable bonds is 4. The number of aromatic hydroxyl groups is 1. The van der Waals surface area contributed by atoms with Crippen LogP contribution >= 0.6 is 34.4 Å². The van der Waals surface area contributed by atoms with E-state index in [1.54, 1.807) is 42.1 Å². The molecule has 3 aromatic carbocycles. The van der Waals surface area contributed by atoms with Gasteiger partial charge in [-0.1, -0.05) is 23.9 Å². The minimum absolute atomic E-state index is 0.247. The third-order valence-corrected chi connectivity index (χ3v) is 5.16. The number of halogens is 1. The summed E-state index contributed by atoms with van der Waals surface area (Å²) in [5.41, 5.74) is 0.556. The van der Waals surface area contributed by atoms with Crippen molar-refractivity contribution in [3.63, 3.8) is 0 Å². The quantitative estimate of drug-likeness (QED) is 0.331. The summed E-state index contributed by atoms with van der Waals surface area (Å²) in [5.74, 6) is 0.394. The van der Waals surface area contributed by atoms with Crippen LogP contribution in [0.1, 0.15) is 10.4 Å². The van der Waals surface area contributed by atoms with Crippen LogP contribution in [-0.4, -0.2) is 11.1 Å². The molecule has 0 radical (unpaired) electrons. The molecule has 3 nitrogen and oxygen atoms in total. The van der Waals surface area contributed by atoms with Gasteiger partial charge in [0.2, 0.25) is 0 Å². The summed E-state index contributed by atoms with van der Waals surface area (Å²) in [4.78, 5) is 14.2. The van der Waals surface area contributed by atoms with Crippen molar-refractivity contribution in [2.75, 3.05) is 0 Å². The second kappa shape index (κ2) is 7.72.